The molecule has 15 nitrogen and oxygen atoms in total. The van der Waals surface area contributed by atoms with Gasteiger partial charge in [-0.05, 0) is 24.0 Å². The van der Waals surface area contributed by atoms with Gasteiger partial charge in [0.05, 0.1) is 12.8 Å². The van der Waals surface area contributed by atoms with E-state index in [1.165, 1.54) is 0 Å². The van der Waals surface area contributed by atoms with Crippen LogP contribution in [0.3, 0.4) is 0 Å². The van der Waals surface area contributed by atoms with Crippen molar-refractivity contribution in [2.24, 2.45) is 16.5 Å². The molecule has 0 aliphatic carbocycles. The maximum atomic E-state index is 13.0. The summed E-state index contributed by atoms with van der Waals surface area (Å²) in [5.74, 6) is -5.68. The third-order valence-electron chi connectivity index (χ3n) is 5.18. The molecule has 1 rings (SSSR count). The van der Waals surface area contributed by atoms with Crippen LogP contribution in [-0.2, 0) is 41.7 Å². The minimum absolute atomic E-state index is 0.0421. The summed E-state index contributed by atoms with van der Waals surface area (Å²) < 4.78 is 0. The number of nitrogens with one attached hydrogen (secondary N) is 4. The molecule has 214 valence electrons. The number of nitrogens with two attached hydrogens (primary N) is 2. The van der Waals surface area contributed by atoms with Crippen LogP contribution in [-0.4, -0.2) is 82.7 Å². The van der Waals surface area contributed by atoms with Gasteiger partial charge in [0.25, 0.3) is 0 Å². The van der Waals surface area contributed by atoms with Gasteiger partial charge in [0, 0.05) is 18.8 Å². The van der Waals surface area contributed by atoms with E-state index < -0.39 is 54.2 Å². The monoisotopic (exact) mass is 567 g/mol. The Kier molecular flexibility index (Phi) is 14.4. The molecule has 4 amide bonds. The first kappa shape index (κ1) is 32.7. The van der Waals surface area contributed by atoms with Crippen molar-refractivity contribution in [3.05, 3.63) is 35.4 Å². The Morgan fingerprint density at radius 1 is 0.923 bits per heavy atom. The van der Waals surface area contributed by atoms with Crippen molar-refractivity contribution in [3.8, 4) is 0 Å². The molecule has 0 aliphatic heterocycles. The highest BCUT2D eigenvalue weighted by Gasteiger charge is 2.30. The molecule has 0 heterocycles. The zero-order valence-electron chi connectivity index (χ0n) is 21.0. The molecule has 3 atom stereocenters. The number of carboxylic acids is 2. The highest BCUT2D eigenvalue weighted by molar-refractivity contribution is 7.80. The van der Waals surface area contributed by atoms with Crippen molar-refractivity contribution < 1.29 is 39.0 Å². The van der Waals surface area contributed by atoms with Gasteiger partial charge in [-0.25, -0.2) is 4.79 Å². The Morgan fingerprint density at radius 3 is 2.05 bits per heavy atom. The van der Waals surface area contributed by atoms with Crippen LogP contribution in [0.2, 0.25) is 0 Å². The van der Waals surface area contributed by atoms with E-state index in [0.29, 0.717) is 18.5 Å². The number of aliphatic imine (C=N–C) groups is 1. The smallest absolute Gasteiger partial charge is 0.327 e. The number of benzene rings is 1. The van der Waals surface area contributed by atoms with E-state index in [2.05, 4.69) is 38.9 Å². The number of carbonyl (C=O) groups is 6. The van der Waals surface area contributed by atoms with Crippen molar-refractivity contribution in [3.63, 3.8) is 0 Å². The van der Waals surface area contributed by atoms with Gasteiger partial charge in [0.15, 0.2) is 5.96 Å². The van der Waals surface area contributed by atoms with Gasteiger partial charge in [0.1, 0.15) is 18.1 Å². The number of nitrogens with zero attached hydrogens (tertiary/aromatic N) is 1. The highest BCUT2D eigenvalue weighted by Crippen LogP contribution is 2.07. The molecule has 0 fully saturated rings. The maximum absolute atomic E-state index is 13.0. The Hall–Kier alpha value is -4.34. The van der Waals surface area contributed by atoms with Gasteiger partial charge in [0.2, 0.25) is 24.1 Å². The number of carbonyl (C=O) groups excluding carboxylic acids is 4. The lowest BCUT2D eigenvalue weighted by atomic mass is 10.1. The fourth-order valence-corrected chi connectivity index (χ4v) is 3.50. The molecular formula is C23H33N7O8S. The van der Waals surface area contributed by atoms with E-state index in [9.17, 15) is 33.9 Å². The van der Waals surface area contributed by atoms with Gasteiger partial charge in [-0.2, -0.15) is 12.6 Å². The number of thiol groups is 1. The zero-order chi connectivity index (χ0) is 29.4. The van der Waals surface area contributed by atoms with Crippen molar-refractivity contribution in [1.82, 2.24) is 21.3 Å². The summed E-state index contributed by atoms with van der Waals surface area (Å²) in [4.78, 5) is 75.1. The van der Waals surface area contributed by atoms with Gasteiger partial charge in [-0.3, -0.25) is 29.0 Å². The molecule has 0 radical (unpaired) electrons. The molecule has 0 saturated carbocycles. The number of rotatable bonds is 18. The van der Waals surface area contributed by atoms with Crippen LogP contribution >= 0.6 is 12.6 Å². The Balaban J connectivity index is 2.99. The molecule has 1 aromatic rings. The molecule has 3 unspecified atom stereocenters. The first-order valence-electron chi connectivity index (χ1n) is 11.7. The normalized spacial score (nSPS) is 12.6. The van der Waals surface area contributed by atoms with Crippen molar-refractivity contribution in [2.45, 2.75) is 50.4 Å². The molecule has 0 bridgehead atoms. The fourth-order valence-electron chi connectivity index (χ4n) is 3.25. The van der Waals surface area contributed by atoms with E-state index in [4.69, 9.17) is 16.6 Å². The second-order valence-corrected chi connectivity index (χ2v) is 8.67. The van der Waals surface area contributed by atoms with Crippen LogP contribution in [0, 0.1) is 0 Å². The quantitative estimate of drug-likeness (QED) is 0.0295. The Morgan fingerprint density at radius 2 is 1.51 bits per heavy atom. The second kappa shape index (κ2) is 17.2. The van der Waals surface area contributed by atoms with Gasteiger partial charge >= 0.3 is 11.9 Å². The summed E-state index contributed by atoms with van der Waals surface area (Å²) >= 11 is 3.84. The van der Waals surface area contributed by atoms with Crippen LogP contribution < -0.4 is 32.7 Å². The number of aliphatic carboxylic acids is 2. The van der Waals surface area contributed by atoms with Crippen LogP contribution in [0.25, 0.3) is 0 Å². The third-order valence-corrected chi connectivity index (χ3v) is 5.55. The van der Waals surface area contributed by atoms with Gasteiger partial charge < -0.3 is 42.9 Å². The number of carboxylic acid groups (broad SMARTS) is 2. The van der Waals surface area contributed by atoms with Gasteiger partial charge in [-0.1, -0.05) is 24.3 Å². The summed E-state index contributed by atoms with van der Waals surface area (Å²) in [5.41, 5.74) is 12.0. The fraction of sp³-hybridized carbons (Fsp3) is 0.435. The molecule has 0 spiro atoms. The Bertz CT molecular complexity index is 1050. The first-order chi connectivity index (χ1) is 18.5. The molecule has 10 N–H and O–H groups in total. The van der Waals surface area contributed by atoms with E-state index in [0.717, 1.165) is 5.56 Å². The molecule has 1 aromatic carbocycles. The van der Waals surface area contributed by atoms with Crippen LogP contribution in [0.1, 0.15) is 30.4 Å². The molecule has 0 aliphatic rings. The number of guanidine groups is 1. The molecule has 0 aromatic heterocycles. The maximum Gasteiger partial charge on any atom is 0.327 e. The standard InChI is InChI=1S/C23H33N7O8S/c24-23(25)27-7-1-2-15(28-18(32)8-13-3-5-14(6-4-13)10-26-12-31)20(35)29-16(9-19(33)34)21(36)30-17(11-39)22(37)38/h3-6,12,15-17,39H,1-2,7-11H2,(H,26,31)(H,28,32)(H,29,35)(H,30,36)(H,33,34)(H,37,38)(H4,24,25,27). The van der Waals surface area contributed by atoms with E-state index >= 15 is 0 Å². The number of hydrogen-bond acceptors (Lipinski definition) is 8. The highest BCUT2D eigenvalue weighted by atomic mass is 32.1. The summed E-state index contributed by atoms with van der Waals surface area (Å²) in [6.45, 7) is 0.458. The average molecular weight is 568 g/mol. The topological polar surface area (TPSA) is 255 Å². The zero-order valence-corrected chi connectivity index (χ0v) is 21.9. The minimum Gasteiger partial charge on any atom is -0.481 e. The molecule has 39 heavy (non-hydrogen) atoms. The van der Waals surface area contributed by atoms with E-state index in [1.807, 2.05) is 0 Å². The number of hydrogen-bond donors (Lipinski definition) is 9. The second-order valence-electron chi connectivity index (χ2n) is 8.30. The van der Waals surface area contributed by atoms with Crippen LogP contribution in [0.5, 0.6) is 0 Å². The van der Waals surface area contributed by atoms with Crippen molar-refractivity contribution in [1.29, 1.82) is 0 Å². The SMILES string of the molecule is NC(N)=NCCCC(NC(=O)Cc1ccc(CNC=O)cc1)C(=O)NC(CC(=O)O)C(=O)NC(CS)C(=O)O. The lowest BCUT2D eigenvalue weighted by Gasteiger charge is -2.23. The average Bonchev–Trinajstić information content (AvgIpc) is 2.87. The largest absolute Gasteiger partial charge is 0.481 e. The van der Waals surface area contributed by atoms with Crippen LogP contribution in [0.15, 0.2) is 29.3 Å². The molecular weight excluding hydrogens is 534 g/mol. The lowest BCUT2D eigenvalue weighted by molar-refractivity contribution is -0.143. The summed E-state index contributed by atoms with van der Waals surface area (Å²) in [7, 11) is 0. The molecule has 0 saturated heterocycles. The van der Waals surface area contributed by atoms with Crippen molar-refractivity contribution >= 4 is 54.7 Å². The molecule has 16 heteroatoms. The van der Waals surface area contributed by atoms with E-state index in [1.54, 1.807) is 24.3 Å². The summed E-state index contributed by atoms with van der Waals surface area (Å²) in [6, 6.07) is 2.59. The van der Waals surface area contributed by atoms with Gasteiger partial charge in [-0.15, -0.1) is 0 Å². The van der Waals surface area contributed by atoms with Crippen LogP contribution in [0.4, 0.5) is 0 Å². The summed E-state index contributed by atoms with van der Waals surface area (Å²) in [5, 5.41) is 27.8. The number of amides is 4. The Labute approximate surface area is 229 Å². The first-order valence-corrected chi connectivity index (χ1v) is 12.4. The predicted octanol–water partition coefficient (Wildman–Crippen LogP) is -2.53. The summed E-state index contributed by atoms with van der Waals surface area (Å²) in [6.07, 6.45) is -0.0717. The van der Waals surface area contributed by atoms with Crippen molar-refractivity contribution in [2.75, 3.05) is 12.3 Å². The van der Waals surface area contributed by atoms with E-state index in [-0.39, 0.29) is 37.5 Å². The minimum atomic E-state index is -1.62. The predicted molar refractivity (Wildman–Crippen MR) is 142 cm³/mol. The third kappa shape index (κ3) is 13.1. The lowest BCUT2D eigenvalue weighted by Crippen LogP contribution is -2.56.